The summed E-state index contributed by atoms with van der Waals surface area (Å²) < 4.78 is 5.63. The fraction of sp³-hybridized carbons (Fsp3) is 0.400. The first-order valence-corrected chi connectivity index (χ1v) is 7.64. The molecule has 0 saturated carbocycles. The second-order valence-corrected chi connectivity index (χ2v) is 5.98. The van der Waals surface area contributed by atoms with E-state index in [-0.39, 0.29) is 12.5 Å². The van der Waals surface area contributed by atoms with Crippen molar-refractivity contribution in [2.75, 3.05) is 11.9 Å². The van der Waals surface area contributed by atoms with Gasteiger partial charge in [-0.05, 0) is 38.3 Å². The van der Waals surface area contributed by atoms with Gasteiger partial charge in [0.15, 0.2) is 6.61 Å². The van der Waals surface area contributed by atoms with Crippen molar-refractivity contribution in [2.45, 2.75) is 34.1 Å². The molecular weight excluding hydrogens is 286 g/mol. The van der Waals surface area contributed by atoms with Gasteiger partial charge in [-0.3, -0.25) is 10.1 Å². The third-order valence-electron chi connectivity index (χ3n) is 2.97. The van der Waals surface area contributed by atoms with Crippen LogP contribution in [-0.4, -0.2) is 22.7 Å². The molecule has 5 nitrogen and oxygen atoms in total. The monoisotopic (exact) mass is 305 g/mol. The van der Waals surface area contributed by atoms with Gasteiger partial charge in [-0.1, -0.05) is 36.0 Å². The summed E-state index contributed by atoms with van der Waals surface area (Å²) in [7, 11) is 0. The molecule has 2 rings (SSSR count). The second kappa shape index (κ2) is 6.67. The summed E-state index contributed by atoms with van der Waals surface area (Å²) >= 11 is 1.38. The molecule has 0 saturated heterocycles. The van der Waals surface area contributed by atoms with Crippen molar-refractivity contribution in [3.63, 3.8) is 0 Å². The van der Waals surface area contributed by atoms with Crippen molar-refractivity contribution < 1.29 is 9.53 Å². The fourth-order valence-corrected chi connectivity index (χ4v) is 2.83. The molecule has 112 valence electrons. The minimum Gasteiger partial charge on any atom is -0.483 e. The molecular formula is C15H19N3O2S. The molecule has 1 aromatic heterocycles. The van der Waals surface area contributed by atoms with Gasteiger partial charge < -0.3 is 4.74 Å². The SMILES string of the molecule is CCc1nnc(NC(=O)COc2c(C)cc(C)cc2C)s1. The summed E-state index contributed by atoms with van der Waals surface area (Å²) in [5, 5.41) is 12.0. The highest BCUT2D eigenvalue weighted by Gasteiger charge is 2.10. The predicted molar refractivity (Wildman–Crippen MR) is 84.1 cm³/mol. The zero-order chi connectivity index (χ0) is 15.4. The Morgan fingerprint density at radius 2 is 1.90 bits per heavy atom. The zero-order valence-electron chi connectivity index (χ0n) is 12.7. The van der Waals surface area contributed by atoms with E-state index in [1.165, 1.54) is 16.9 Å². The Morgan fingerprint density at radius 1 is 1.24 bits per heavy atom. The smallest absolute Gasteiger partial charge is 0.264 e. The first kappa shape index (κ1) is 15.4. The molecule has 0 bridgehead atoms. The van der Waals surface area contributed by atoms with Crippen LogP contribution in [0.25, 0.3) is 0 Å². The molecule has 1 amide bonds. The number of amides is 1. The molecule has 1 heterocycles. The van der Waals surface area contributed by atoms with E-state index in [0.29, 0.717) is 5.13 Å². The van der Waals surface area contributed by atoms with E-state index in [1.54, 1.807) is 0 Å². The van der Waals surface area contributed by atoms with Crippen LogP contribution in [0.15, 0.2) is 12.1 Å². The topological polar surface area (TPSA) is 64.1 Å². The zero-order valence-corrected chi connectivity index (χ0v) is 13.5. The molecule has 0 fully saturated rings. The van der Waals surface area contributed by atoms with Gasteiger partial charge >= 0.3 is 0 Å². The normalized spacial score (nSPS) is 10.5. The van der Waals surface area contributed by atoms with Gasteiger partial charge in [-0.2, -0.15) is 0 Å². The third kappa shape index (κ3) is 4.01. The Labute approximate surface area is 128 Å². The van der Waals surface area contributed by atoms with E-state index in [1.807, 2.05) is 39.8 Å². The van der Waals surface area contributed by atoms with Gasteiger partial charge in [-0.25, -0.2) is 0 Å². The lowest BCUT2D eigenvalue weighted by atomic mass is 10.1. The molecule has 0 spiro atoms. The maximum absolute atomic E-state index is 11.9. The Morgan fingerprint density at radius 3 is 2.48 bits per heavy atom. The van der Waals surface area contributed by atoms with Crippen molar-refractivity contribution in [1.29, 1.82) is 0 Å². The van der Waals surface area contributed by atoms with Gasteiger partial charge in [0.25, 0.3) is 5.91 Å². The molecule has 1 aromatic carbocycles. The van der Waals surface area contributed by atoms with Crippen LogP contribution in [0, 0.1) is 20.8 Å². The van der Waals surface area contributed by atoms with Crippen molar-refractivity contribution in [2.24, 2.45) is 0 Å². The number of ether oxygens (including phenoxy) is 1. The van der Waals surface area contributed by atoms with Gasteiger partial charge in [0.2, 0.25) is 5.13 Å². The second-order valence-electron chi connectivity index (χ2n) is 4.92. The van der Waals surface area contributed by atoms with Crippen molar-refractivity contribution >= 4 is 22.4 Å². The van der Waals surface area contributed by atoms with Gasteiger partial charge in [-0.15, -0.1) is 10.2 Å². The van der Waals surface area contributed by atoms with Crippen molar-refractivity contribution in [3.8, 4) is 5.75 Å². The maximum atomic E-state index is 11.9. The molecule has 2 aromatic rings. The van der Waals surface area contributed by atoms with Crippen molar-refractivity contribution in [3.05, 3.63) is 33.8 Å². The number of anilines is 1. The summed E-state index contributed by atoms with van der Waals surface area (Å²) in [6.45, 7) is 7.96. The molecule has 0 aliphatic heterocycles. The lowest BCUT2D eigenvalue weighted by Crippen LogP contribution is -2.20. The first-order chi connectivity index (χ1) is 9.99. The van der Waals surface area contributed by atoms with Gasteiger partial charge in [0.1, 0.15) is 10.8 Å². The van der Waals surface area contributed by atoms with E-state index >= 15 is 0 Å². The number of nitrogens with zero attached hydrogens (tertiary/aromatic N) is 2. The highest BCUT2D eigenvalue weighted by molar-refractivity contribution is 7.15. The molecule has 0 unspecified atom stereocenters. The standard InChI is InChI=1S/C15H19N3O2S/c1-5-13-17-18-15(21-13)16-12(19)8-20-14-10(3)6-9(2)7-11(14)4/h6-7H,5,8H2,1-4H3,(H,16,18,19). The number of carbonyl (C=O) groups excluding carboxylic acids is 1. The molecule has 21 heavy (non-hydrogen) atoms. The molecule has 6 heteroatoms. The minimum absolute atomic E-state index is 0.0359. The summed E-state index contributed by atoms with van der Waals surface area (Å²) in [5.74, 6) is 0.537. The highest BCUT2D eigenvalue weighted by Crippen LogP contribution is 2.24. The average Bonchev–Trinajstić information content (AvgIpc) is 2.85. The summed E-state index contributed by atoms with van der Waals surface area (Å²) in [4.78, 5) is 11.9. The lowest BCUT2D eigenvalue weighted by molar-refractivity contribution is -0.118. The number of nitrogens with one attached hydrogen (secondary N) is 1. The fourth-order valence-electron chi connectivity index (χ4n) is 2.13. The van der Waals surface area contributed by atoms with Gasteiger partial charge in [0.05, 0.1) is 0 Å². The molecule has 0 atom stereocenters. The van der Waals surface area contributed by atoms with E-state index in [0.717, 1.165) is 28.3 Å². The molecule has 0 radical (unpaired) electrons. The van der Waals surface area contributed by atoms with E-state index in [4.69, 9.17) is 4.74 Å². The summed E-state index contributed by atoms with van der Waals surface area (Å²) in [6.07, 6.45) is 0.811. The predicted octanol–water partition coefficient (Wildman–Crippen LogP) is 3.04. The summed E-state index contributed by atoms with van der Waals surface area (Å²) in [5.41, 5.74) is 3.25. The van der Waals surface area contributed by atoms with Crippen LogP contribution in [0.5, 0.6) is 5.75 Å². The van der Waals surface area contributed by atoms with Crippen LogP contribution in [0.3, 0.4) is 0 Å². The first-order valence-electron chi connectivity index (χ1n) is 6.82. The number of aromatic nitrogens is 2. The van der Waals surface area contributed by atoms with Crippen LogP contribution in [0.2, 0.25) is 0 Å². The molecule has 0 aliphatic carbocycles. The van der Waals surface area contributed by atoms with Crippen LogP contribution in [-0.2, 0) is 11.2 Å². The average molecular weight is 305 g/mol. The highest BCUT2D eigenvalue weighted by atomic mass is 32.1. The number of hydrogen-bond acceptors (Lipinski definition) is 5. The number of rotatable bonds is 5. The largest absolute Gasteiger partial charge is 0.483 e. The van der Waals surface area contributed by atoms with E-state index in [9.17, 15) is 4.79 Å². The Hall–Kier alpha value is -1.95. The number of benzene rings is 1. The van der Waals surface area contributed by atoms with Crippen molar-refractivity contribution in [1.82, 2.24) is 10.2 Å². The van der Waals surface area contributed by atoms with Crippen LogP contribution in [0.1, 0.15) is 28.6 Å². The summed E-state index contributed by atoms with van der Waals surface area (Å²) in [6, 6.07) is 4.08. The van der Waals surface area contributed by atoms with E-state index in [2.05, 4.69) is 15.5 Å². The molecule has 1 N–H and O–H groups in total. The maximum Gasteiger partial charge on any atom is 0.264 e. The Balaban J connectivity index is 1.95. The van der Waals surface area contributed by atoms with Crippen LogP contribution in [0.4, 0.5) is 5.13 Å². The third-order valence-corrected chi connectivity index (χ3v) is 3.95. The quantitative estimate of drug-likeness (QED) is 0.922. The number of aryl methyl sites for hydroxylation is 4. The lowest BCUT2D eigenvalue weighted by Gasteiger charge is -2.12. The number of hydrogen-bond donors (Lipinski definition) is 1. The van der Waals surface area contributed by atoms with Crippen LogP contribution < -0.4 is 10.1 Å². The van der Waals surface area contributed by atoms with Crippen LogP contribution >= 0.6 is 11.3 Å². The number of carbonyl (C=O) groups is 1. The van der Waals surface area contributed by atoms with E-state index < -0.39 is 0 Å². The minimum atomic E-state index is -0.229. The Kier molecular flexibility index (Phi) is 4.90. The molecule has 0 aliphatic rings. The van der Waals surface area contributed by atoms with Gasteiger partial charge in [0, 0.05) is 0 Å². The Bertz CT molecular complexity index is 629.